The fraction of sp³-hybridized carbons (Fsp3) is 0.706. The van der Waals surface area contributed by atoms with Gasteiger partial charge in [0.25, 0.3) is 0 Å². The number of carbonyl (C=O) groups excluding carboxylic acids is 1. The molecule has 0 spiro atoms. The van der Waals surface area contributed by atoms with Crippen LogP contribution in [0.15, 0.2) is 12.4 Å². The zero-order valence-corrected chi connectivity index (χ0v) is 14.1. The molecular formula is C17H26N4O3. The predicted octanol–water partition coefficient (Wildman–Crippen LogP) is 1.06. The number of nitrogens with zero attached hydrogens (tertiary/aromatic N) is 3. The predicted molar refractivity (Wildman–Crippen MR) is 88.3 cm³/mol. The van der Waals surface area contributed by atoms with Crippen LogP contribution in [0.5, 0.6) is 0 Å². The van der Waals surface area contributed by atoms with Crippen molar-refractivity contribution in [3.05, 3.63) is 23.8 Å². The van der Waals surface area contributed by atoms with Crippen LogP contribution in [0.4, 0.5) is 0 Å². The maximum absolute atomic E-state index is 11.9. The van der Waals surface area contributed by atoms with Crippen LogP contribution in [-0.4, -0.2) is 60.2 Å². The summed E-state index contributed by atoms with van der Waals surface area (Å²) in [5.74, 6) is 0.804. The molecule has 1 N–H and O–H groups in total. The molecule has 0 aromatic carbocycles. The van der Waals surface area contributed by atoms with Crippen molar-refractivity contribution >= 4 is 5.91 Å². The number of rotatable bonds is 6. The minimum atomic E-state index is 0.0240. The first kappa shape index (κ1) is 17.3. The molecule has 1 aromatic heterocycles. The smallest absolute Gasteiger partial charge is 0.221 e. The first-order valence-corrected chi connectivity index (χ1v) is 8.80. The van der Waals surface area contributed by atoms with Gasteiger partial charge in [-0.15, -0.1) is 0 Å². The Labute approximate surface area is 142 Å². The van der Waals surface area contributed by atoms with E-state index in [1.807, 2.05) is 0 Å². The van der Waals surface area contributed by atoms with Gasteiger partial charge in [-0.2, -0.15) is 0 Å². The first-order valence-electron chi connectivity index (χ1n) is 8.80. The molecule has 1 amide bonds. The number of hydrogen-bond donors (Lipinski definition) is 1. The quantitative estimate of drug-likeness (QED) is 0.838. The molecule has 1 unspecified atom stereocenters. The molecule has 2 aliphatic heterocycles. The Morgan fingerprint density at radius 2 is 2.00 bits per heavy atom. The molecule has 3 rings (SSSR count). The van der Waals surface area contributed by atoms with E-state index in [0.717, 1.165) is 70.1 Å². The molecule has 24 heavy (non-hydrogen) atoms. The fourth-order valence-corrected chi connectivity index (χ4v) is 2.94. The number of carbonyl (C=O) groups is 1. The summed E-state index contributed by atoms with van der Waals surface area (Å²) in [6, 6.07) is 0. The van der Waals surface area contributed by atoms with Crippen molar-refractivity contribution < 1.29 is 14.3 Å². The molecule has 3 heterocycles. The molecule has 0 saturated carbocycles. The summed E-state index contributed by atoms with van der Waals surface area (Å²) >= 11 is 0. The largest absolute Gasteiger partial charge is 0.379 e. The summed E-state index contributed by atoms with van der Waals surface area (Å²) in [4.78, 5) is 23.0. The molecule has 7 heteroatoms. The Kier molecular flexibility index (Phi) is 6.51. The van der Waals surface area contributed by atoms with Crippen LogP contribution < -0.4 is 5.32 Å². The topological polar surface area (TPSA) is 76.6 Å². The van der Waals surface area contributed by atoms with Crippen molar-refractivity contribution in [3.8, 4) is 0 Å². The third kappa shape index (κ3) is 5.22. The lowest BCUT2D eigenvalue weighted by molar-refractivity contribution is -0.121. The summed E-state index contributed by atoms with van der Waals surface area (Å²) in [7, 11) is 0. The van der Waals surface area contributed by atoms with Crippen molar-refractivity contribution in [1.29, 1.82) is 0 Å². The number of hydrogen-bond acceptors (Lipinski definition) is 6. The van der Waals surface area contributed by atoms with Gasteiger partial charge < -0.3 is 14.8 Å². The standard InChI is InChI=1S/C17H26N4O3/c22-16(4-5-21-6-9-23-10-7-21)18-11-14-12-19-17(20-13-14)15-3-1-2-8-24-15/h12-13,15H,1-11H2,(H,18,22). The van der Waals surface area contributed by atoms with Crippen LogP contribution in [0.2, 0.25) is 0 Å². The summed E-state index contributed by atoms with van der Waals surface area (Å²) in [5, 5.41) is 2.93. The van der Waals surface area contributed by atoms with Gasteiger partial charge in [-0.25, -0.2) is 9.97 Å². The maximum Gasteiger partial charge on any atom is 0.221 e. The van der Waals surface area contributed by atoms with Crippen LogP contribution in [0.1, 0.15) is 43.2 Å². The molecule has 132 valence electrons. The van der Waals surface area contributed by atoms with Crippen LogP contribution >= 0.6 is 0 Å². The van der Waals surface area contributed by atoms with E-state index in [2.05, 4.69) is 20.2 Å². The zero-order valence-electron chi connectivity index (χ0n) is 14.1. The highest BCUT2D eigenvalue weighted by Crippen LogP contribution is 2.24. The van der Waals surface area contributed by atoms with Crippen LogP contribution in [-0.2, 0) is 20.8 Å². The molecule has 2 saturated heterocycles. The second-order valence-corrected chi connectivity index (χ2v) is 6.29. The Morgan fingerprint density at radius 3 is 2.71 bits per heavy atom. The third-order valence-electron chi connectivity index (χ3n) is 4.44. The third-order valence-corrected chi connectivity index (χ3v) is 4.44. The van der Waals surface area contributed by atoms with Gasteiger partial charge in [-0.05, 0) is 19.3 Å². The molecule has 0 radical (unpaired) electrons. The Morgan fingerprint density at radius 1 is 1.21 bits per heavy atom. The Hall–Kier alpha value is -1.57. The van der Waals surface area contributed by atoms with Crippen LogP contribution in [0.25, 0.3) is 0 Å². The number of morpholine rings is 1. The lowest BCUT2D eigenvalue weighted by Gasteiger charge is -2.26. The van der Waals surface area contributed by atoms with Gasteiger partial charge in [-0.1, -0.05) is 0 Å². The number of amides is 1. The normalized spacial score (nSPS) is 22.2. The van der Waals surface area contributed by atoms with Crippen LogP contribution in [0, 0.1) is 0 Å². The van der Waals surface area contributed by atoms with Crippen molar-refractivity contribution in [2.45, 2.75) is 38.3 Å². The van der Waals surface area contributed by atoms with E-state index in [4.69, 9.17) is 9.47 Å². The van der Waals surface area contributed by atoms with E-state index < -0.39 is 0 Å². The SMILES string of the molecule is O=C(CCN1CCOCC1)NCc1cnc(C2CCCCO2)nc1. The molecule has 0 aliphatic carbocycles. The van der Waals surface area contributed by atoms with Crippen molar-refractivity contribution in [2.24, 2.45) is 0 Å². The second-order valence-electron chi connectivity index (χ2n) is 6.29. The van der Waals surface area contributed by atoms with E-state index in [1.165, 1.54) is 0 Å². The highest BCUT2D eigenvalue weighted by molar-refractivity contribution is 5.76. The first-order chi connectivity index (χ1) is 11.8. The van der Waals surface area contributed by atoms with Crippen molar-refractivity contribution in [3.63, 3.8) is 0 Å². The van der Waals surface area contributed by atoms with Gasteiger partial charge in [0.15, 0.2) is 5.82 Å². The van der Waals surface area contributed by atoms with E-state index in [9.17, 15) is 4.79 Å². The van der Waals surface area contributed by atoms with E-state index in [0.29, 0.717) is 13.0 Å². The molecule has 7 nitrogen and oxygen atoms in total. The van der Waals surface area contributed by atoms with Gasteiger partial charge in [0.2, 0.25) is 5.91 Å². The lowest BCUT2D eigenvalue weighted by Crippen LogP contribution is -2.38. The minimum absolute atomic E-state index is 0.0240. The maximum atomic E-state index is 11.9. The van der Waals surface area contributed by atoms with Crippen molar-refractivity contribution in [2.75, 3.05) is 39.5 Å². The Bertz CT molecular complexity index is 511. The highest BCUT2D eigenvalue weighted by atomic mass is 16.5. The molecule has 1 aromatic rings. The van der Waals surface area contributed by atoms with Gasteiger partial charge in [-0.3, -0.25) is 9.69 Å². The molecule has 1 atom stereocenters. The van der Waals surface area contributed by atoms with Gasteiger partial charge >= 0.3 is 0 Å². The van der Waals surface area contributed by atoms with E-state index in [-0.39, 0.29) is 12.0 Å². The Balaban J connectivity index is 1.38. The lowest BCUT2D eigenvalue weighted by atomic mass is 10.1. The zero-order chi connectivity index (χ0) is 16.6. The molecule has 2 aliphatic rings. The minimum Gasteiger partial charge on any atom is -0.379 e. The fourth-order valence-electron chi connectivity index (χ4n) is 2.94. The number of nitrogens with one attached hydrogen (secondary N) is 1. The summed E-state index contributed by atoms with van der Waals surface area (Å²) < 4.78 is 11.0. The van der Waals surface area contributed by atoms with E-state index in [1.54, 1.807) is 12.4 Å². The van der Waals surface area contributed by atoms with Crippen LogP contribution in [0.3, 0.4) is 0 Å². The van der Waals surface area contributed by atoms with Gasteiger partial charge in [0.05, 0.1) is 13.2 Å². The number of aromatic nitrogens is 2. The van der Waals surface area contributed by atoms with E-state index >= 15 is 0 Å². The summed E-state index contributed by atoms with van der Waals surface area (Å²) in [6.45, 7) is 5.37. The summed E-state index contributed by atoms with van der Waals surface area (Å²) in [5.41, 5.74) is 0.911. The average Bonchev–Trinajstić information content (AvgIpc) is 2.67. The molecular weight excluding hydrogens is 308 g/mol. The van der Waals surface area contributed by atoms with Gasteiger partial charge in [0, 0.05) is 57.2 Å². The highest BCUT2D eigenvalue weighted by Gasteiger charge is 2.18. The monoisotopic (exact) mass is 334 g/mol. The molecule has 0 bridgehead atoms. The van der Waals surface area contributed by atoms with Crippen molar-refractivity contribution in [1.82, 2.24) is 20.2 Å². The summed E-state index contributed by atoms with van der Waals surface area (Å²) in [6.07, 6.45) is 7.35. The van der Waals surface area contributed by atoms with Gasteiger partial charge in [0.1, 0.15) is 6.10 Å². The second kappa shape index (κ2) is 9.05. The average molecular weight is 334 g/mol. The number of ether oxygens (including phenoxy) is 2. The molecule has 2 fully saturated rings.